The standard InChI is InChI=1S/C11H5BrCl2O2/c12-9-4-6(13)3-8(11(9)14)10-2-1-7(5-15)16-10/h1-5H. The van der Waals surface area contributed by atoms with Crippen LogP contribution in [0.15, 0.2) is 33.2 Å². The van der Waals surface area contributed by atoms with Gasteiger partial charge in [-0.25, -0.2) is 0 Å². The maximum Gasteiger partial charge on any atom is 0.185 e. The highest BCUT2D eigenvalue weighted by Crippen LogP contribution is 2.37. The van der Waals surface area contributed by atoms with Gasteiger partial charge in [-0.2, -0.15) is 0 Å². The first-order valence-corrected chi connectivity index (χ1v) is 5.86. The Morgan fingerprint density at radius 1 is 1.25 bits per heavy atom. The van der Waals surface area contributed by atoms with Crippen LogP contribution in [0.3, 0.4) is 0 Å². The molecule has 0 radical (unpaired) electrons. The molecule has 0 spiro atoms. The molecule has 0 unspecified atom stereocenters. The van der Waals surface area contributed by atoms with E-state index in [1.54, 1.807) is 24.3 Å². The lowest BCUT2D eigenvalue weighted by molar-refractivity contribution is 0.110. The van der Waals surface area contributed by atoms with Crippen LogP contribution in [0.4, 0.5) is 0 Å². The van der Waals surface area contributed by atoms with E-state index in [0.717, 1.165) is 0 Å². The molecule has 2 rings (SSSR count). The van der Waals surface area contributed by atoms with Crippen LogP contribution < -0.4 is 0 Å². The van der Waals surface area contributed by atoms with Crippen molar-refractivity contribution in [3.05, 3.63) is 44.5 Å². The van der Waals surface area contributed by atoms with Crippen molar-refractivity contribution in [1.82, 2.24) is 0 Å². The van der Waals surface area contributed by atoms with Crippen LogP contribution in [0.5, 0.6) is 0 Å². The van der Waals surface area contributed by atoms with E-state index in [1.807, 2.05) is 0 Å². The van der Waals surface area contributed by atoms with Gasteiger partial charge in [-0.1, -0.05) is 23.2 Å². The van der Waals surface area contributed by atoms with Crippen molar-refractivity contribution in [2.24, 2.45) is 0 Å². The summed E-state index contributed by atoms with van der Waals surface area (Å²) in [4.78, 5) is 10.5. The summed E-state index contributed by atoms with van der Waals surface area (Å²) >= 11 is 15.3. The van der Waals surface area contributed by atoms with Gasteiger partial charge in [-0.15, -0.1) is 0 Å². The Morgan fingerprint density at radius 3 is 2.62 bits per heavy atom. The summed E-state index contributed by atoms with van der Waals surface area (Å²) in [6.45, 7) is 0. The van der Waals surface area contributed by atoms with Crippen molar-refractivity contribution >= 4 is 45.4 Å². The summed E-state index contributed by atoms with van der Waals surface area (Å²) in [6, 6.07) is 6.63. The van der Waals surface area contributed by atoms with Gasteiger partial charge in [0, 0.05) is 15.1 Å². The first-order chi connectivity index (χ1) is 7.61. The Morgan fingerprint density at radius 2 is 2.00 bits per heavy atom. The zero-order chi connectivity index (χ0) is 11.7. The molecule has 0 aliphatic carbocycles. The zero-order valence-corrected chi connectivity index (χ0v) is 10.9. The third-order valence-electron chi connectivity index (χ3n) is 2.00. The Balaban J connectivity index is 2.58. The van der Waals surface area contributed by atoms with E-state index in [9.17, 15) is 4.79 Å². The van der Waals surface area contributed by atoms with Crippen molar-refractivity contribution in [2.45, 2.75) is 0 Å². The molecule has 1 aromatic carbocycles. The molecule has 0 fully saturated rings. The molecule has 0 saturated carbocycles. The maximum atomic E-state index is 10.5. The largest absolute Gasteiger partial charge is 0.453 e. The fourth-order valence-electron chi connectivity index (χ4n) is 1.30. The quantitative estimate of drug-likeness (QED) is 0.586. The second-order valence-electron chi connectivity index (χ2n) is 3.07. The summed E-state index contributed by atoms with van der Waals surface area (Å²) < 4.78 is 5.96. The van der Waals surface area contributed by atoms with E-state index >= 15 is 0 Å². The van der Waals surface area contributed by atoms with Gasteiger partial charge >= 0.3 is 0 Å². The predicted molar refractivity (Wildman–Crippen MR) is 67.3 cm³/mol. The first-order valence-electron chi connectivity index (χ1n) is 4.31. The first kappa shape index (κ1) is 11.7. The molecule has 5 heteroatoms. The minimum absolute atomic E-state index is 0.252. The molecule has 0 aliphatic rings. The monoisotopic (exact) mass is 318 g/mol. The van der Waals surface area contributed by atoms with Gasteiger partial charge in [-0.05, 0) is 40.2 Å². The lowest BCUT2D eigenvalue weighted by Crippen LogP contribution is -1.79. The highest BCUT2D eigenvalue weighted by Gasteiger charge is 2.12. The average Bonchev–Trinajstić information content (AvgIpc) is 2.71. The van der Waals surface area contributed by atoms with Gasteiger partial charge in [-0.3, -0.25) is 4.79 Å². The van der Waals surface area contributed by atoms with Crippen molar-refractivity contribution < 1.29 is 9.21 Å². The van der Waals surface area contributed by atoms with Crippen LogP contribution >= 0.6 is 39.1 Å². The van der Waals surface area contributed by atoms with Gasteiger partial charge in [0.25, 0.3) is 0 Å². The fourth-order valence-corrected chi connectivity index (χ4v) is 2.31. The molecule has 1 aromatic heterocycles. The van der Waals surface area contributed by atoms with Gasteiger partial charge in [0.05, 0.1) is 5.02 Å². The molecule has 0 bridgehead atoms. The molecule has 0 atom stereocenters. The second-order valence-corrected chi connectivity index (χ2v) is 4.74. The Labute approximate surface area is 110 Å². The smallest absolute Gasteiger partial charge is 0.185 e. The summed E-state index contributed by atoms with van der Waals surface area (Å²) in [5.41, 5.74) is 0.647. The molecule has 0 amide bonds. The van der Waals surface area contributed by atoms with E-state index in [2.05, 4.69) is 15.9 Å². The number of hydrogen-bond acceptors (Lipinski definition) is 2. The number of halogens is 3. The van der Waals surface area contributed by atoms with E-state index in [-0.39, 0.29) is 5.76 Å². The normalized spacial score (nSPS) is 10.4. The molecule has 1 heterocycles. The van der Waals surface area contributed by atoms with Crippen molar-refractivity contribution in [1.29, 1.82) is 0 Å². The van der Waals surface area contributed by atoms with Crippen molar-refractivity contribution in [3.63, 3.8) is 0 Å². The van der Waals surface area contributed by atoms with Gasteiger partial charge in [0.15, 0.2) is 12.0 Å². The molecule has 2 aromatic rings. The number of rotatable bonds is 2. The molecular weight excluding hydrogens is 315 g/mol. The zero-order valence-electron chi connectivity index (χ0n) is 7.84. The number of furan rings is 1. The van der Waals surface area contributed by atoms with Crippen LogP contribution in [-0.2, 0) is 0 Å². The number of carbonyl (C=O) groups is 1. The molecule has 2 nitrogen and oxygen atoms in total. The third kappa shape index (κ3) is 2.17. The van der Waals surface area contributed by atoms with Crippen LogP contribution in [0.25, 0.3) is 11.3 Å². The number of aldehydes is 1. The van der Waals surface area contributed by atoms with E-state index in [4.69, 9.17) is 27.6 Å². The minimum atomic E-state index is 0.252. The number of hydrogen-bond donors (Lipinski definition) is 0. The SMILES string of the molecule is O=Cc1ccc(-c2cc(Cl)cc(Br)c2Cl)o1. The van der Waals surface area contributed by atoms with Gasteiger partial charge in [0.1, 0.15) is 5.76 Å². The molecule has 0 saturated heterocycles. The van der Waals surface area contributed by atoms with Crippen molar-refractivity contribution in [2.75, 3.05) is 0 Å². The highest BCUT2D eigenvalue weighted by molar-refractivity contribution is 9.10. The average molecular weight is 320 g/mol. The summed E-state index contributed by atoms with van der Waals surface area (Å²) in [5.74, 6) is 0.762. The van der Waals surface area contributed by atoms with Crippen LogP contribution in [0.2, 0.25) is 10.0 Å². The number of carbonyl (C=O) groups excluding carboxylic acids is 1. The molecule has 0 N–H and O–H groups in total. The Kier molecular flexibility index (Phi) is 3.38. The Hall–Kier alpha value is -0.770. The summed E-state index contributed by atoms with van der Waals surface area (Å²) in [5, 5.41) is 1.03. The fraction of sp³-hybridized carbons (Fsp3) is 0. The molecule has 16 heavy (non-hydrogen) atoms. The molecule has 0 aliphatic heterocycles. The van der Waals surface area contributed by atoms with Crippen LogP contribution in [0, 0.1) is 0 Å². The predicted octanol–water partition coefficient (Wildman–Crippen LogP) is 4.83. The van der Waals surface area contributed by atoms with E-state index in [1.165, 1.54) is 0 Å². The summed E-state index contributed by atoms with van der Waals surface area (Å²) in [7, 11) is 0. The van der Waals surface area contributed by atoms with Crippen molar-refractivity contribution in [3.8, 4) is 11.3 Å². The lowest BCUT2D eigenvalue weighted by Gasteiger charge is -2.04. The van der Waals surface area contributed by atoms with Crippen LogP contribution in [0.1, 0.15) is 10.6 Å². The molecular formula is C11H5BrCl2O2. The van der Waals surface area contributed by atoms with Gasteiger partial charge in [0.2, 0.25) is 0 Å². The lowest BCUT2D eigenvalue weighted by atomic mass is 10.2. The second kappa shape index (κ2) is 4.62. The number of benzene rings is 1. The summed E-state index contributed by atoms with van der Waals surface area (Å²) in [6.07, 6.45) is 0.636. The Bertz CT molecular complexity index is 549. The topological polar surface area (TPSA) is 30.2 Å². The minimum Gasteiger partial charge on any atom is -0.453 e. The molecule has 82 valence electrons. The van der Waals surface area contributed by atoms with Crippen LogP contribution in [-0.4, -0.2) is 6.29 Å². The highest BCUT2D eigenvalue weighted by atomic mass is 79.9. The maximum absolute atomic E-state index is 10.5. The van der Waals surface area contributed by atoms with Gasteiger partial charge < -0.3 is 4.42 Å². The van der Waals surface area contributed by atoms with E-state index in [0.29, 0.717) is 32.1 Å². The third-order valence-corrected chi connectivity index (χ3v) is 3.48. The van der Waals surface area contributed by atoms with E-state index < -0.39 is 0 Å².